The number of rotatable bonds is 5. The maximum absolute atomic E-state index is 11.2. The molecular weight excluding hydrogens is 306 g/mol. The number of nitro groups is 1. The molecule has 0 saturated carbocycles. The number of hydrogen-bond acceptors (Lipinski definition) is 6. The van der Waals surface area contributed by atoms with Crippen molar-refractivity contribution < 1.29 is 14.8 Å². The Balaban J connectivity index is 2.35. The lowest BCUT2D eigenvalue weighted by molar-refractivity contribution is -0.384. The molecule has 0 amide bonds. The number of benzene rings is 1. The second-order valence-electron chi connectivity index (χ2n) is 3.73. The number of aromatic carboxylic acids is 1. The molecule has 0 bridgehead atoms. The zero-order chi connectivity index (χ0) is 14.7. The number of nitro benzene ring substituents is 1. The summed E-state index contributed by atoms with van der Waals surface area (Å²) in [5, 5.41) is 22.7. The van der Waals surface area contributed by atoms with Gasteiger partial charge in [0.15, 0.2) is 0 Å². The molecule has 20 heavy (non-hydrogen) atoms. The molecule has 0 aliphatic heterocycles. The third-order valence-corrected chi connectivity index (χ3v) is 3.52. The standard InChI is InChI=1S/C11H8ClN3O4S/c12-9-2-6(15(18)19)1-8(11(16)17)10(9)14-4-7-3-13-5-20-7/h1-3,5,14H,4H2,(H,16,17). The van der Waals surface area contributed by atoms with Gasteiger partial charge in [-0.15, -0.1) is 11.3 Å². The van der Waals surface area contributed by atoms with Gasteiger partial charge in [0.25, 0.3) is 5.69 Å². The van der Waals surface area contributed by atoms with Crippen molar-refractivity contribution in [2.75, 3.05) is 5.32 Å². The molecule has 0 aliphatic rings. The number of anilines is 1. The molecule has 0 saturated heterocycles. The summed E-state index contributed by atoms with van der Waals surface area (Å²) in [7, 11) is 0. The van der Waals surface area contributed by atoms with Crippen molar-refractivity contribution in [3.63, 3.8) is 0 Å². The maximum atomic E-state index is 11.2. The van der Waals surface area contributed by atoms with E-state index >= 15 is 0 Å². The smallest absolute Gasteiger partial charge is 0.338 e. The first kappa shape index (κ1) is 14.2. The van der Waals surface area contributed by atoms with Crippen LogP contribution in [-0.4, -0.2) is 21.0 Å². The van der Waals surface area contributed by atoms with Crippen LogP contribution in [0.3, 0.4) is 0 Å². The normalized spacial score (nSPS) is 10.2. The number of halogens is 1. The van der Waals surface area contributed by atoms with E-state index in [4.69, 9.17) is 16.7 Å². The number of carboxylic acids is 1. The van der Waals surface area contributed by atoms with Crippen LogP contribution in [0.15, 0.2) is 23.8 Å². The summed E-state index contributed by atoms with van der Waals surface area (Å²) in [6.07, 6.45) is 1.64. The fourth-order valence-corrected chi connectivity index (χ4v) is 2.37. The Labute approximate surface area is 122 Å². The van der Waals surface area contributed by atoms with Crippen LogP contribution in [-0.2, 0) is 6.54 Å². The summed E-state index contributed by atoms with van der Waals surface area (Å²) in [6, 6.07) is 2.09. The number of hydrogen-bond donors (Lipinski definition) is 2. The molecule has 2 N–H and O–H groups in total. The van der Waals surface area contributed by atoms with E-state index in [1.54, 1.807) is 11.7 Å². The van der Waals surface area contributed by atoms with Gasteiger partial charge in [0.05, 0.1) is 33.3 Å². The number of carboxylic acid groups (broad SMARTS) is 1. The SMILES string of the molecule is O=C(O)c1cc([N+](=O)[O-])cc(Cl)c1NCc1cncs1. The van der Waals surface area contributed by atoms with Gasteiger partial charge in [-0.2, -0.15) is 0 Å². The molecule has 7 nitrogen and oxygen atoms in total. The molecule has 0 radical (unpaired) electrons. The van der Waals surface area contributed by atoms with Crippen molar-refractivity contribution in [1.29, 1.82) is 0 Å². The van der Waals surface area contributed by atoms with E-state index in [9.17, 15) is 14.9 Å². The minimum Gasteiger partial charge on any atom is -0.478 e. The van der Waals surface area contributed by atoms with Gasteiger partial charge in [0, 0.05) is 23.2 Å². The minimum absolute atomic E-state index is 0.0129. The van der Waals surface area contributed by atoms with Crippen LogP contribution in [0.5, 0.6) is 0 Å². The highest BCUT2D eigenvalue weighted by molar-refractivity contribution is 7.09. The quantitative estimate of drug-likeness (QED) is 0.649. The van der Waals surface area contributed by atoms with E-state index in [2.05, 4.69) is 10.3 Å². The first-order valence-corrected chi connectivity index (χ1v) is 6.57. The molecule has 104 valence electrons. The van der Waals surface area contributed by atoms with Crippen LogP contribution in [0.2, 0.25) is 5.02 Å². The van der Waals surface area contributed by atoms with Gasteiger partial charge in [-0.1, -0.05) is 11.6 Å². The first-order chi connectivity index (χ1) is 9.49. The lowest BCUT2D eigenvalue weighted by atomic mass is 10.1. The summed E-state index contributed by atoms with van der Waals surface area (Å²) >= 11 is 7.32. The Bertz CT molecular complexity index is 660. The summed E-state index contributed by atoms with van der Waals surface area (Å²) in [5.74, 6) is -1.29. The van der Waals surface area contributed by atoms with Gasteiger partial charge in [-0.25, -0.2) is 4.79 Å². The zero-order valence-electron chi connectivity index (χ0n) is 9.87. The lowest BCUT2D eigenvalue weighted by Crippen LogP contribution is -2.07. The van der Waals surface area contributed by atoms with Gasteiger partial charge in [0.1, 0.15) is 0 Å². The van der Waals surface area contributed by atoms with E-state index in [0.29, 0.717) is 6.54 Å². The Morgan fingerprint density at radius 2 is 2.30 bits per heavy atom. The molecule has 1 aromatic carbocycles. The van der Waals surface area contributed by atoms with E-state index in [-0.39, 0.29) is 22.0 Å². The van der Waals surface area contributed by atoms with Crippen LogP contribution >= 0.6 is 22.9 Å². The predicted octanol–water partition coefficient (Wildman–Crippen LogP) is 3.02. The number of aromatic nitrogens is 1. The lowest BCUT2D eigenvalue weighted by Gasteiger charge is -2.10. The number of non-ortho nitro benzene ring substituents is 1. The van der Waals surface area contributed by atoms with E-state index < -0.39 is 10.9 Å². The summed E-state index contributed by atoms with van der Waals surface area (Å²) < 4.78 is 0. The topological polar surface area (TPSA) is 105 Å². The molecule has 0 spiro atoms. The monoisotopic (exact) mass is 313 g/mol. The highest BCUT2D eigenvalue weighted by Gasteiger charge is 2.20. The molecule has 0 fully saturated rings. The van der Waals surface area contributed by atoms with Crippen molar-refractivity contribution in [3.05, 3.63) is 49.4 Å². The number of nitrogens with zero attached hydrogens (tertiary/aromatic N) is 2. The Kier molecular flexibility index (Phi) is 4.16. The van der Waals surface area contributed by atoms with Crippen LogP contribution in [0.4, 0.5) is 11.4 Å². The fraction of sp³-hybridized carbons (Fsp3) is 0.0909. The number of carbonyl (C=O) groups is 1. The minimum atomic E-state index is -1.29. The summed E-state index contributed by atoms with van der Waals surface area (Å²) in [5.41, 5.74) is 1.19. The van der Waals surface area contributed by atoms with Gasteiger partial charge in [0.2, 0.25) is 0 Å². The third kappa shape index (κ3) is 3.03. The van der Waals surface area contributed by atoms with Crippen LogP contribution < -0.4 is 5.32 Å². The zero-order valence-corrected chi connectivity index (χ0v) is 11.4. The summed E-state index contributed by atoms with van der Waals surface area (Å²) in [4.78, 5) is 26.0. The Morgan fingerprint density at radius 3 is 2.85 bits per heavy atom. The first-order valence-electron chi connectivity index (χ1n) is 5.31. The van der Waals surface area contributed by atoms with Crippen LogP contribution in [0.25, 0.3) is 0 Å². The highest BCUT2D eigenvalue weighted by Crippen LogP contribution is 2.32. The highest BCUT2D eigenvalue weighted by atomic mass is 35.5. The third-order valence-electron chi connectivity index (χ3n) is 2.44. The van der Waals surface area contributed by atoms with Crippen molar-refractivity contribution in [1.82, 2.24) is 4.98 Å². The van der Waals surface area contributed by atoms with Gasteiger partial charge >= 0.3 is 5.97 Å². The van der Waals surface area contributed by atoms with Crippen molar-refractivity contribution >= 4 is 40.3 Å². The molecular formula is C11H8ClN3O4S. The number of nitrogens with one attached hydrogen (secondary N) is 1. The molecule has 2 rings (SSSR count). The maximum Gasteiger partial charge on any atom is 0.338 e. The summed E-state index contributed by atoms with van der Waals surface area (Å²) in [6.45, 7) is 0.336. The second-order valence-corrected chi connectivity index (χ2v) is 5.11. The van der Waals surface area contributed by atoms with Crippen molar-refractivity contribution in [2.24, 2.45) is 0 Å². The van der Waals surface area contributed by atoms with E-state index in [1.807, 2.05) is 0 Å². The van der Waals surface area contributed by atoms with Crippen molar-refractivity contribution in [2.45, 2.75) is 6.54 Å². The molecule has 0 aliphatic carbocycles. The van der Waals surface area contributed by atoms with Gasteiger partial charge in [-0.3, -0.25) is 15.1 Å². The van der Waals surface area contributed by atoms with E-state index in [1.165, 1.54) is 11.3 Å². The average Bonchev–Trinajstić information content (AvgIpc) is 2.89. The predicted molar refractivity (Wildman–Crippen MR) is 74.5 cm³/mol. The molecule has 2 aromatic rings. The Hall–Kier alpha value is -2.19. The molecule has 9 heteroatoms. The molecule has 1 aromatic heterocycles. The number of thiazole rings is 1. The fourth-order valence-electron chi connectivity index (χ4n) is 1.55. The van der Waals surface area contributed by atoms with Gasteiger partial charge in [-0.05, 0) is 0 Å². The van der Waals surface area contributed by atoms with Crippen molar-refractivity contribution in [3.8, 4) is 0 Å². The van der Waals surface area contributed by atoms with Crippen LogP contribution in [0, 0.1) is 10.1 Å². The molecule has 1 heterocycles. The molecule has 0 atom stereocenters. The van der Waals surface area contributed by atoms with Gasteiger partial charge < -0.3 is 10.4 Å². The molecule has 0 unspecified atom stereocenters. The van der Waals surface area contributed by atoms with E-state index in [0.717, 1.165) is 17.0 Å². The second kappa shape index (κ2) is 5.85. The van der Waals surface area contributed by atoms with Crippen LogP contribution in [0.1, 0.15) is 15.2 Å². The average molecular weight is 314 g/mol. The largest absolute Gasteiger partial charge is 0.478 e. The Morgan fingerprint density at radius 1 is 1.55 bits per heavy atom.